The molecule has 0 aromatic carbocycles. The summed E-state index contributed by atoms with van der Waals surface area (Å²) in [6.45, 7) is 0. The predicted molar refractivity (Wildman–Crippen MR) is 43.9 cm³/mol. The van der Waals surface area contributed by atoms with Gasteiger partial charge in [-0.05, 0) is 12.5 Å². The van der Waals surface area contributed by atoms with Gasteiger partial charge in [-0.1, -0.05) is 0 Å². The maximum Gasteiger partial charge on any atom is 0.453 e. The highest BCUT2D eigenvalue weighted by Gasteiger charge is 2.56. The van der Waals surface area contributed by atoms with Crippen molar-refractivity contribution in [1.29, 1.82) is 0 Å². The Morgan fingerprint density at radius 2 is 1.46 bits per heavy atom. The molecule has 0 rings (SSSR count). The van der Waals surface area contributed by atoms with Crippen molar-refractivity contribution in [3.63, 3.8) is 0 Å². The van der Waals surface area contributed by atoms with E-state index < -0.39 is 25.9 Å². The van der Waals surface area contributed by atoms with Crippen LogP contribution in [0.15, 0.2) is 0 Å². The Morgan fingerprint density at radius 1 is 1.00 bits per heavy atom. The number of alkyl halides is 5. The molecule has 0 aromatic rings. The first-order chi connectivity index (χ1) is 5.67. The van der Waals surface area contributed by atoms with Gasteiger partial charge in [0.2, 0.25) is 7.42 Å². The van der Waals surface area contributed by atoms with Crippen molar-refractivity contribution in [3.05, 3.63) is 0 Å². The highest BCUT2D eigenvalue weighted by molar-refractivity contribution is 7.33. The highest BCUT2D eigenvalue weighted by atomic mass is 35.7. The van der Waals surface area contributed by atoms with Gasteiger partial charge in [-0.25, -0.2) is 0 Å². The van der Waals surface area contributed by atoms with Crippen molar-refractivity contribution in [2.75, 3.05) is 0 Å². The summed E-state index contributed by atoms with van der Waals surface area (Å²) in [5.41, 5.74) is 0. The Balaban J connectivity index is 3.90. The van der Waals surface area contributed by atoms with Gasteiger partial charge in [0.15, 0.2) is 0 Å². The van der Waals surface area contributed by atoms with Gasteiger partial charge in [-0.3, -0.25) is 0 Å². The smallest absolute Gasteiger partial charge is 0.196 e. The number of rotatable bonds is 4. The molecule has 0 atom stereocenters. The topological polar surface area (TPSA) is 0 Å². The largest absolute Gasteiger partial charge is 0.453 e. The zero-order valence-electron chi connectivity index (χ0n) is 6.34. The fraction of sp³-hybridized carbons (Fsp3) is 1.00. The first kappa shape index (κ1) is 13.4. The van der Waals surface area contributed by atoms with Crippen LogP contribution in [0, 0.1) is 0 Å². The summed E-state index contributed by atoms with van der Waals surface area (Å²) in [6.07, 6.45) is -7.00. The van der Waals surface area contributed by atoms with Crippen LogP contribution in [-0.4, -0.2) is 19.5 Å². The molecule has 0 bridgehead atoms. The molecule has 0 fully saturated rings. The Labute approximate surface area is 83.0 Å². The van der Waals surface area contributed by atoms with Crippen LogP contribution in [0.3, 0.4) is 0 Å². The van der Waals surface area contributed by atoms with E-state index in [9.17, 15) is 22.0 Å². The molecule has 0 aliphatic carbocycles. The Morgan fingerprint density at radius 3 is 1.77 bits per heavy atom. The van der Waals surface area contributed by atoms with Crippen molar-refractivity contribution in [1.82, 2.24) is 0 Å². The van der Waals surface area contributed by atoms with Crippen LogP contribution in [0.2, 0.25) is 6.04 Å². The monoisotopic (exact) mass is 260 g/mol. The summed E-state index contributed by atoms with van der Waals surface area (Å²) < 4.78 is 59.0. The van der Waals surface area contributed by atoms with Crippen LogP contribution in [0.25, 0.3) is 0 Å². The van der Waals surface area contributed by atoms with Crippen molar-refractivity contribution in [3.8, 4) is 0 Å². The molecule has 0 aliphatic heterocycles. The molecule has 0 amide bonds. The van der Waals surface area contributed by atoms with Crippen molar-refractivity contribution < 1.29 is 22.0 Å². The molecule has 0 unspecified atom stereocenters. The van der Waals surface area contributed by atoms with Gasteiger partial charge < -0.3 is 0 Å². The molecule has 0 spiro atoms. The van der Waals surface area contributed by atoms with E-state index in [2.05, 4.69) is 0 Å². The molecule has 0 N–H and O–H groups in total. The van der Waals surface area contributed by atoms with E-state index >= 15 is 0 Å². The van der Waals surface area contributed by atoms with Crippen LogP contribution in [-0.2, 0) is 0 Å². The summed E-state index contributed by atoms with van der Waals surface area (Å²) in [5.74, 6) is -4.62. The highest BCUT2D eigenvalue weighted by Crippen LogP contribution is 2.39. The number of hydrogen-bond acceptors (Lipinski definition) is 0. The average molecular weight is 261 g/mol. The van der Waals surface area contributed by atoms with Crippen molar-refractivity contribution in [2.24, 2.45) is 0 Å². The van der Waals surface area contributed by atoms with Gasteiger partial charge in [-0.2, -0.15) is 44.1 Å². The van der Waals surface area contributed by atoms with E-state index in [1.807, 2.05) is 0 Å². The lowest BCUT2D eigenvalue weighted by Crippen LogP contribution is -2.36. The van der Waals surface area contributed by atoms with Crippen molar-refractivity contribution in [2.45, 2.75) is 31.0 Å². The molecule has 0 nitrogen and oxygen atoms in total. The molecule has 13 heavy (non-hydrogen) atoms. The fourth-order valence-corrected chi connectivity index (χ4v) is 2.06. The second-order valence-electron chi connectivity index (χ2n) is 2.49. The van der Waals surface area contributed by atoms with Gasteiger partial charge in [0.25, 0.3) is 0 Å². The third kappa shape index (κ3) is 5.02. The van der Waals surface area contributed by atoms with E-state index in [1.54, 1.807) is 0 Å². The maximum atomic E-state index is 12.2. The Hall–Kier alpha value is 0.447. The lowest BCUT2D eigenvalue weighted by molar-refractivity contribution is -0.284. The second-order valence-corrected chi connectivity index (χ2v) is 7.68. The van der Waals surface area contributed by atoms with Crippen LogP contribution in [0.4, 0.5) is 22.0 Å². The summed E-state index contributed by atoms with van der Waals surface area (Å²) in [7, 11) is -2.07. The summed E-state index contributed by atoms with van der Waals surface area (Å²) in [6, 6.07) is 0.0643. The number of hydrogen-bond donors (Lipinski definition) is 0. The summed E-state index contributed by atoms with van der Waals surface area (Å²) in [4.78, 5) is 0. The molecule has 0 radical (unpaired) electrons. The van der Waals surface area contributed by atoms with Gasteiger partial charge >= 0.3 is 12.1 Å². The molecule has 8 heteroatoms. The fourth-order valence-electron chi connectivity index (χ4n) is 0.620. The maximum absolute atomic E-state index is 12.2. The first-order valence-corrected chi connectivity index (χ1v) is 7.70. The molecule has 0 saturated heterocycles. The van der Waals surface area contributed by atoms with Crippen LogP contribution >= 0.6 is 22.2 Å². The molecular weight excluding hydrogens is 254 g/mol. The summed E-state index contributed by atoms with van der Waals surface area (Å²) >= 11 is 10.6. The van der Waals surface area contributed by atoms with E-state index in [1.165, 1.54) is 0 Å². The van der Waals surface area contributed by atoms with Gasteiger partial charge in [0.1, 0.15) is 0 Å². The molecular formula is C5H7Cl2F5Si. The van der Waals surface area contributed by atoms with E-state index in [0.29, 0.717) is 0 Å². The molecule has 80 valence electrons. The quantitative estimate of drug-likeness (QED) is 0.411. The Bertz CT molecular complexity index is 157. The normalized spacial score (nSPS) is 13.8. The van der Waals surface area contributed by atoms with E-state index in [0.717, 1.165) is 0 Å². The third-order valence-corrected chi connectivity index (χ3v) is 3.48. The van der Waals surface area contributed by atoms with Gasteiger partial charge in [0.05, 0.1) is 0 Å². The van der Waals surface area contributed by atoms with Crippen LogP contribution < -0.4 is 0 Å². The third-order valence-electron chi connectivity index (χ3n) is 1.33. The lowest BCUT2D eigenvalue weighted by Gasteiger charge is -2.19. The average Bonchev–Trinajstić information content (AvgIpc) is 1.82. The second kappa shape index (κ2) is 4.79. The first-order valence-electron chi connectivity index (χ1n) is 3.39. The van der Waals surface area contributed by atoms with E-state index in [-0.39, 0.29) is 12.5 Å². The summed E-state index contributed by atoms with van der Waals surface area (Å²) in [5, 5.41) is 0. The Kier molecular flexibility index (Phi) is 4.96. The minimum absolute atomic E-state index is 0.0643. The predicted octanol–water partition coefficient (Wildman–Crippen LogP) is 3.66. The molecule has 0 saturated carbocycles. The molecule has 0 aliphatic rings. The molecule has 0 heterocycles. The minimum atomic E-state index is -5.47. The van der Waals surface area contributed by atoms with E-state index in [4.69, 9.17) is 22.2 Å². The minimum Gasteiger partial charge on any atom is -0.196 e. The zero-order valence-corrected chi connectivity index (χ0v) is 9.01. The zero-order chi connectivity index (χ0) is 10.7. The number of halogens is 7. The SMILES string of the molecule is FC(F)(F)C(F)(F)CCC[SiH](Cl)Cl. The molecule has 0 aromatic heterocycles. The van der Waals surface area contributed by atoms with Crippen LogP contribution in [0.1, 0.15) is 12.8 Å². The van der Waals surface area contributed by atoms with Crippen LogP contribution in [0.5, 0.6) is 0 Å². The lowest BCUT2D eigenvalue weighted by atomic mass is 10.2. The van der Waals surface area contributed by atoms with Gasteiger partial charge in [-0.15, -0.1) is 0 Å². The van der Waals surface area contributed by atoms with Crippen molar-refractivity contribution >= 4 is 29.6 Å². The standard InChI is InChI=1S/C5H7Cl2F5Si/c6-13(7)3-1-2-4(8,9)5(10,11)12/h13H,1-3H2. The van der Waals surface area contributed by atoms with Gasteiger partial charge in [0, 0.05) is 6.42 Å².